The van der Waals surface area contributed by atoms with Crippen molar-refractivity contribution in [2.24, 2.45) is 5.41 Å². The second-order valence-corrected chi connectivity index (χ2v) is 6.94. The number of halogens is 1. The van der Waals surface area contributed by atoms with E-state index in [2.05, 4.69) is 5.32 Å². The van der Waals surface area contributed by atoms with Crippen LogP contribution in [0.2, 0.25) is 0 Å². The van der Waals surface area contributed by atoms with Crippen LogP contribution in [-0.4, -0.2) is 50.9 Å². The van der Waals surface area contributed by atoms with E-state index in [1.807, 2.05) is 0 Å². The van der Waals surface area contributed by atoms with E-state index in [0.717, 1.165) is 4.31 Å². The summed E-state index contributed by atoms with van der Waals surface area (Å²) in [6.45, 7) is 3.51. The van der Waals surface area contributed by atoms with Crippen molar-refractivity contribution in [2.45, 2.75) is 13.8 Å². The first-order chi connectivity index (χ1) is 7.13. The maximum Gasteiger partial charge on any atom is 0.226 e. The summed E-state index contributed by atoms with van der Waals surface area (Å²) in [5.74, 6) is -0.153. The molecule has 0 aromatic carbocycles. The quantitative estimate of drug-likeness (QED) is 0.704. The van der Waals surface area contributed by atoms with Crippen molar-refractivity contribution in [3.63, 3.8) is 0 Å². The Hall–Kier alpha value is -0.330. The number of carbonyl (C=O) groups is 1. The molecule has 5 nitrogen and oxygen atoms in total. The Kier molecular flexibility index (Phi) is 5.72. The van der Waals surface area contributed by atoms with E-state index < -0.39 is 15.4 Å². The standard InChI is InChI=1S/C9H19ClN2O3S/c1-9(2,7-10)8(13)11-5-6-16(14,15)12(3)4/h5-7H2,1-4H3,(H,11,13). The molecule has 0 heterocycles. The van der Waals surface area contributed by atoms with Gasteiger partial charge in [0.05, 0.1) is 11.2 Å². The molecule has 0 aromatic heterocycles. The Morgan fingerprint density at radius 1 is 1.38 bits per heavy atom. The summed E-state index contributed by atoms with van der Waals surface area (Å²) in [6, 6.07) is 0. The van der Waals surface area contributed by atoms with Crippen LogP contribution in [0, 0.1) is 5.41 Å². The van der Waals surface area contributed by atoms with Crippen LogP contribution in [0.4, 0.5) is 0 Å². The Bertz CT molecular complexity index is 339. The smallest absolute Gasteiger partial charge is 0.226 e. The van der Waals surface area contributed by atoms with Crippen LogP contribution in [0.1, 0.15) is 13.8 Å². The number of nitrogens with one attached hydrogen (secondary N) is 1. The Balaban J connectivity index is 4.16. The van der Waals surface area contributed by atoms with Gasteiger partial charge in [-0.2, -0.15) is 0 Å². The minimum absolute atomic E-state index is 0.0969. The third kappa shape index (κ3) is 4.67. The molecule has 0 unspecified atom stereocenters. The van der Waals surface area contributed by atoms with E-state index in [4.69, 9.17) is 11.6 Å². The topological polar surface area (TPSA) is 66.5 Å². The lowest BCUT2D eigenvalue weighted by Gasteiger charge is -2.20. The van der Waals surface area contributed by atoms with Gasteiger partial charge in [0.25, 0.3) is 0 Å². The van der Waals surface area contributed by atoms with Crippen LogP contribution in [0.5, 0.6) is 0 Å². The van der Waals surface area contributed by atoms with Gasteiger partial charge < -0.3 is 5.32 Å². The highest BCUT2D eigenvalue weighted by atomic mass is 35.5. The second-order valence-electron chi connectivity index (χ2n) is 4.37. The predicted octanol–water partition coefficient (Wildman–Crippen LogP) is 0.259. The summed E-state index contributed by atoms with van der Waals surface area (Å²) < 4.78 is 23.9. The van der Waals surface area contributed by atoms with Gasteiger partial charge in [-0.15, -0.1) is 11.6 Å². The number of hydrogen-bond acceptors (Lipinski definition) is 3. The SMILES string of the molecule is CN(C)S(=O)(=O)CCNC(=O)C(C)(C)CCl. The van der Waals surface area contributed by atoms with E-state index in [0.29, 0.717) is 0 Å². The normalized spacial score (nSPS) is 12.9. The molecule has 96 valence electrons. The summed E-state index contributed by atoms with van der Waals surface area (Å²) in [5.41, 5.74) is -0.677. The first-order valence-electron chi connectivity index (χ1n) is 4.88. The lowest BCUT2D eigenvalue weighted by Crippen LogP contribution is -2.41. The summed E-state index contributed by atoms with van der Waals surface area (Å²) in [7, 11) is -0.344. The zero-order chi connectivity index (χ0) is 13.0. The van der Waals surface area contributed by atoms with Crippen molar-refractivity contribution in [1.29, 1.82) is 0 Å². The number of nitrogens with zero attached hydrogens (tertiary/aromatic N) is 1. The molecule has 1 N–H and O–H groups in total. The Morgan fingerprint density at radius 3 is 2.25 bits per heavy atom. The minimum atomic E-state index is -3.26. The highest BCUT2D eigenvalue weighted by molar-refractivity contribution is 7.89. The van der Waals surface area contributed by atoms with Crippen LogP contribution in [0.25, 0.3) is 0 Å². The zero-order valence-electron chi connectivity index (χ0n) is 10.1. The van der Waals surface area contributed by atoms with Crippen LogP contribution in [-0.2, 0) is 14.8 Å². The number of hydrogen-bond donors (Lipinski definition) is 1. The molecule has 0 aliphatic carbocycles. The molecule has 0 fully saturated rings. The van der Waals surface area contributed by atoms with Gasteiger partial charge >= 0.3 is 0 Å². The van der Waals surface area contributed by atoms with Crippen LogP contribution in [0.3, 0.4) is 0 Å². The molecule has 16 heavy (non-hydrogen) atoms. The number of rotatable bonds is 6. The van der Waals surface area contributed by atoms with Crippen molar-refractivity contribution in [3.8, 4) is 0 Å². The summed E-state index contributed by atoms with van der Waals surface area (Å²) >= 11 is 5.62. The number of carbonyl (C=O) groups excluding carboxylic acids is 1. The molecular formula is C9H19ClN2O3S. The maximum atomic E-state index is 11.5. The molecule has 0 atom stereocenters. The Labute approximate surface area is 102 Å². The molecule has 0 aliphatic rings. The number of sulfonamides is 1. The largest absolute Gasteiger partial charge is 0.355 e. The van der Waals surface area contributed by atoms with Crippen LogP contribution in [0.15, 0.2) is 0 Å². The first-order valence-corrected chi connectivity index (χ1v) is 7.02. The van der Waals surface area contributed by atoms with Gasteiger partial charge in [0.15, 0.2) is 0 Å². The summed E-state index contributed by atoms with van der Waals surface area (Å²) in [5, 5.41) is 2.56. The molecule has 0 rings (SSSR count). The molecule has 0 aliphatic heterocycles. The van der Waals surface area contributed by atoms with Crippen molar-refractivity contribution < 1.29 is 13.2 Å². The van der Waals surface area contributed by atoms with E-state index >= 15 is 0 Å². The van der Waals surface area contributed by atoms with Crippen molar-refractivity contribution in [1.82, 2.24) is 9.62 Å². The van der Waals surface area contributed by atoms with E-state index in [-0.39, 0.29) is 24.1 Å². The molecule has 0 spiro atoms. The van der Waals surface area contributed by atoms with Gasteiger partial charge in [-0.1, -0.05) is 0 Å². The molecule has 7 heteroatoms. The highest BCUT2D eigenvalue weighted by Crippen LogP contribution is 2.16. The van der Waals surface area contributed by atoms with Crippen LogP contribution < -0.4 is 5.32 Å². The molecule has 0 radical (unpaired) electrons. The average molecular weight is 271 g/mol. The monoisotopic (exact) mass is 270 g/mol. The molecule has 0 saturated carbocycles. The average Bonchev–Trinajstić information content (AvgIpc) is 2.17. The third-order valence-electron chi connectivity index (χ3n) is 2.15. The van der Waals surface area contributed by atoms with Gasteiger partial charge in [0.1, 0.15) is 0 Å². The van der Waals surface area contributed by atoms with Crippen molar-refractivity contribution in [2.75, 3.05) is 32.3 Å². The van der Waals surface area contributed by atoms with Gasteiger partial charge in [-0.25, -0.2) is 12.7 Å². The Morgan fingerprint density at radius 2 is 1.88 bits per heavy atom. The maximum absolute atomic E-state index is 11.5. The van der Waals surface area contributed by atoms with Crippen molar-refractivity contribution >= 4 is 27.5 Å². The van der Waals surface area contributed by atoms with E-state index in [1.54, 1.807) is 13.8 Å². The van der Waals surface area contributed by atoms with Gasteiger partial charge in [0.2, 0.25) is 15.9 Å². The lowest BCUT2D eigenvalue weighted by molar-refractivity contribution is -0.128. The van der Waals surface area contributed by atoms with Gasteiger partial charge in [0, 0.05) is 26.5 Å². The lowest BCUT2D eigenvalue weighted by atomic mass is 9.95. The fourth-order valence-electron chi connectivity index (χ4n) is 0.776. The predicted molar refractivity (Wildman–Crippen MR) is 65.0 cm³/mol. The molecule has 1 amide bonds. The second kappa shape index (κ2) is 5.84. The molecular weight excluding hydrogens is 252 g/mol. The van der Waals surface area contributed by atoms with Gasteiger partial charge in [-0.3, -0.25) is 4.79 Å². The van der Waals surface area contributed by atoms with E-state index in [1.165, 1.54) is 14.1 Å². The van der Waals surface area contributed by atoms with Crippen molar-refractivity contribution in [3.05, 3.63) is 0 Å². The number of alkyl halides is 1. The fourth-order valence-corrected chi connectivity index (χ4v) is 1.62. The minimum Gasteiger partial charge on any atom is -0.355 e. The molecule has 0 saturated heterocycles. The van der Waals surface area contributed by atoms with Gasteiger partial charge in [-0.05, 0) is 13.8 Å². The first kappa shape index (κ1) is 15.7. The zero-order valence-corrected chi connectivity index (χ0v) is 11.7. The highest BCUT2D eigenvalue weighted by Gasteiger charge is 2.26. The molecule has 0 bridgehead atoms. The molecule has 0 aromatic rings. The summed E-state index contributed by atoms with van der Waals surface area (Å²) in [6.07, 6.45) is 0. The third-order valence-corrected chi connectivity index (χ3v) is 4.65. The van der Waals surface area contributed by atoms with E-state index in [9.17, 15) is 13.2 Å². The van der Waals surface area contributed by atoms with Crippen LogP contribution >= 0.6 is 11.6 Å². The summed E-state index contributed by atoms with van der Waals surface area (Å²) in [4.78, 5) is 11.5. The number of amides is 1. The fraction of sp³-hybridized carbons (Fsp3) is 0.889.